The summed E-state index contributed by atoms with van der Waals surface area (Å²) in [4.78, 5) is 27.9. The second-order valence-electron chi connectivity index (χ2n) is 8.67. The molecule has 4 rings (SSSR count). The van der Waals surface area contributed by atoms with E-state index in [-0.39, 0.29) is 35.0 Å². The number of amides is 2. The molecule has 2 heterocycles. The number of nitrogens with one attached hydrogen (secondary N) is 1. The quantitative estimate of drug-likeness (QED) is 0.866. The lowest BCUT2D eigenvalue weighted by Gasteiger charge is -2.37. The fraction of sp³-hybridized carbons (Fsp3) is 0.636. The lowest BCUT2D eigenvalue weighted by molar-refractivity contribution is -0.130. The van der Waals surface area contributed by atoms with E-state index in [1.807, 2.05) is 0 Å². The molecule has 0 radical (unpaired) electrons. The Morgan fingerprint density at radius 1 is 1.21 bits per heavy atom. The third-order valence-corrected chi connectivity index (χ3v) is 6.86. The fourth-order valence-corrected chi connectivity index (χ4v) is 5.05. The van der Waals surface area contributed by atoms with Crippen LogP contribution in [-0.2, 0) is 9.53 Å². The van der Waals surface area contributed by atoms with Crippen molar-refractivity contribution in [2.75, 3.05) is 26.3 Å². The van der Waals surface area contributed by atoms with Crippen molar-refractivity contribution < 1.29 is 18.7 Å². The van der Waals surface area contributed by atoms with Crippen molar-refractivity contribution in [1.29, 1.82) is 0 Å². The van der Waals surface area contributed by atoms with Gasteiger partial charge >= 0.3 is 0 Å². The van der Waals surface area contributed by atoms with E-state index >= 15 is 0 Å². The van der Waals surface area contributed by atoms with Gasteiger partial charge in [0.05, 0.1) is 5.92 Å². The van der Waals surface area contributed by atoms with Crippen LogP contribution in [0.3, 0.4) is 0 Å². The van der Waals surface area contributed by atoms with E-state index in [0.29, 0.717) is 37.4 Å². The van der Waals surface area contributed by atoms with Crippen molar-refractivity contribution in [2.45, 2.75) is 51.5 Å². The summed E-state index contributed by atoms with van der Waals surface area (Å²) < 4.78 is 19.5. The van der Waals surface area contributed by atoms with E-state index in [2.05, 4.69) is 5.32 Å². The summed E-state index contributed by atoms with van der Waals surface area (Å²) in [6.45, 7) is 3.85. The first kappa shape index (κ1) is 19.4. The number of hydrogen-bond acceptors (Lipinski definition) is 3. The molecule has 1 unspecified atom stereocenters. The van der Waals surface area contributed by atoms with Gasteiger partial charge in [-0.1, -0.05) is 18.9 Å². The molecule has 5 nitrogen and oxygen atoms in total. The Labute approximate surface area is 165 Å². The van der Waals surface area contributed by atoms with Crippen LogP contribution in [0.1, 0.15) is 54.4 Å². The minimum Gasteiger partial charge on any atom is -0.381 e. The van der Waals surface area contributed by atoms with Crippen molar-refractivity contribution in [3.05, 3.63) is 35.1 Å². The standard InChI is InChI=1S/C22H29FN2O3/c1-15-6-7-16(12-19(15)23)21(27)25-13-18(20(26)24-17-4-2-3-5-17)22(14-25)8-10-28-11-9-22/h6-7,12,17-18H,2-5,8-11,13-14H2,1H3,(H,24,26). The molecular weight excluding hydrogens is 359 g/mol. The molecule has 1 aliphatic carbocycles. The highest BCUT2D eigenvalue weighted by atomic mass is 19.1. The Balaban J connectivity index is 1.54. The van der Waals surface area contributed by atoms with Gasteiger partial charge in [0.15, 0.2) is 0 Å². The Morgan fingerprint density at radius 2 is 1.93 bits per heavy atom. The van der Waals surface area contributed by atoms with Gasteiger partial charge in [0.25, 0.3) is 5.91 Å². The molecule has 2 saturated heterocycles. The van der Waals surface area contributed by atoms with Crippen LogP contribution in [0, 0.1) is 24.1 Å². The molecule has 0 aromatic heterocycles. The predicted octanol–water partition coefficient (Wildman–Crippen LogP) is 3.06. The summed E-state index contributed by atoms with van der Waals surface area (Å²) in [7, 11) is 0. The molecule has 152 valence electrons. The van der Waals surface area contributed by atoms with Gasteiger partial charge < -0.3 is 15.0 Å². The minimum absolute atomic E-state index is 0.0687. The smallest absolute Gasteiger partial charge is 0.253 e. The van der Waals surface area contributed by atoms with Crippen molar-refractivity contribution in [3.8, 4) is 0 Å². The highest BCUT2D eigenvalue weighted by Crippen LogP contribution is 2.45. The zero-order valence-electron chi connectivity index (χ0n) is 16.5. The number of hydrogen-bond donors (Lipinski definition) is 1. The minimum atomic E-state index is -0.374. The summed E-state index contributed by atoms with van der Waals surface area (Å²) in [6, 6.07) is 4.87. The molecule has 1 spiro atoms. The SMILES string of the molecule is Cc1ccc(C(=O)N2CC(C(=O)NC3CCCC3)C3(CCOCC3)C2)cc1F. The molecule has 3 aliphatic rings. The van der Waals surface area contributed by atoms with Crippen LogP contribution in [0.2, 0.25) is 0 Å². The number of aryl methyl sites for hydroxylation is 1. The van der Waals surface area contributed by atoms with Gasteiger partial charge in [-0.15, -0.1) is 0 Å². The van der Waals surface area contributed by atoms with Crippen LogP contribution in [-0.4, -0.2) is 49.1 Å². The first-order valence-electron chi connectivity index (χ1n) is 10.4. The number of benzene rings is 1. The van der Waals surface area contributed by atoms with Gasteiger partial charge in [0.2, 0.25) is 5.91 Å². The molecule has 0 bridgehead atoms. The number of halogens is 1. The van der Waals surface area contributed by atoms with E-state index < -0.39 is 0 Å². The number of carbonyl (C=O) groups is 2. The maximum Gasteiger partial charge on any atom is 0.253 e. The topological polar surface area (TPSA) is 58.6 Å². The van der Waals surface area contributed by atoms with E-state index in [4.69, 9.17) is 4.74 Å². The molecule has 1 saturated carbocycles. The first-order valence-corrected chi connectivity index (χ1v) is 10.4. The van der Waals surface area contributed by atoms with Gasteiger partial charge in [-0.3, -0.25) is 9.59 Å². The van der Waals surface area contributed by atoms with Crippen LogP contribution in [0.5, 0.6) is 0 Å². The maximum atomic E-state index is 14.0. The van der Waals surface area contributed by atoms with Gasteiger partial charge in [-0.25, -0.2) is 4.39 Å². The van der Waals surface area contributed by atoms with E-state index in [0.717, 1.165) is 38.5 Å². The highest BCUT2D eigenvalue weighted by Gasteiger charge is 2.52. The van der Waals surface area contributed by atoms with Gasteiger partial charge in [-0.05, 0) is 50.3 Å². The summed E-state index contributed by atoms with van der Waals surface area (Å²) in [5, 5.41) is 3.23. The largest absolute Gasteiger partial charge is 0.381 e. The average Bonchev–Trinajstić information content (AvgIpc) is 3.32. The van der Waals surface area contributed by atoms with Gasteiger partial charge in [0, 0.05) is 43.3 Å². The number of ether oxygens (including phenoxy) is 1. The van der Waals surface area contributed by atoms with Crippen molar-refractivity contribution in [1.82, 2.24) is 10.2 Å². The molecule has 1 N–H and O–H groups in total. The average molecular weight is 388 g/mol. The van der Waals surface area contributed by atoms with E-state index in [1.54, 1.807) is 24.0 Å². The first-order chi connectivity index (χ1) is 13.5. The van der Waals surface area contributed by atoms with E-state index in [1.165, 1.54) is 6.07 Å². The van der Waals surface area contributed by atoms with E-state index in [9.17, 15) is 14.0 Å². The Bertz CT molecular complexity index is 754. The number of likely N-dealkylation sites (tertiary alicyclic amines) is 1. The second-order valence-corrected chi connectivity index (χ2v) is 8.67. The molecule has 1 atom stereocenters. The molecule has 6 heteroatoms. The van der Waals surface area contributed by atoms with Crippen molar-refractivity contribution >= 4 is 11.8 Å². The molecule has 1 aromatic carbocycles. The Kier molecular flexibility index (Phi) is 5.41. The number of carbonyl (C=O) groups excluding carboxylic acids is 2. The maximum absolute atomic E-state index is 14.0. The summed E-state index contributed by atoms with van der Waals surface area (Å²) in [5.41, 5.74) is 0.634. The molecular formula is C22H29FN2O3. The Morgan fingerprint density at radius 3 is 2.61 bits per heavy atom. The third-order valence-electron chi connectivity index (χ3n) is 6.86. The summed E-state index contributed by atoms with van der Waals surface area (Å²) >= 11 is 0. The zero-order valence-corrected chi connectivity index (χ0v) is 16.5. The molecule has 28 heavy (non-hydrogen) atoms. The fourth-order valence-electron chi connectivity index (χ4n) is 5.05. The molecule has 3 fully saturated rings. The lowest BCUT2D eigenvalue weighted by atomic mass is 9.71. The van der Waals surface area contributed by atoms with Crippen LogP contribution in [0.15, 0.2) is 18.2 Å². The lowest BCUT2D eigenvalue weighted by Crippen LogP contribution is -2.46. The normalized spacial score (nSPS) is 24.6. The van der Waals surface area contributed by atoms with Crippen LogP contribution >= 0.6 is 0 Å². The third kappa shape index (κ3) is 3.66. The molecule has 2 amide bonds. The van der Waals surface area contributed by atoms with Gasteiger partial charge in [0.1, 0.15) is 5.82 Å². The van der Waals surface area contributed by atoms with Crippen molar-refractivity contribution in [2.24, 2.45) is 11.3 Å². The summed E-state index contributed by atoms with van der Waals surface area (Å²) in [6.07, 6.45) is 5.97. The van der Waals surface area contributed by atoms with Crippen molar-refractivity contribution in [3.63, 3.8) is 0 Å². The number of rotatable bonds is 3. The zero-order chi connectivity index (χ0) is 19.7. The molecule has 2 aliphatic heterocycles. The van der Waals surface area contributed by atoms with Crippen LogP contribution < -0.4 is 5.32 Å². The number of nitrogens with zero attached hydrogens (tertiary/aromatic N) is 1. The highest BCUT2D eigenvalue weighted by molar-refractivity contribution is 5.95. The summed E-state index contributed by atoms with van der Waals surface area (Å²) in [5.74, 6) is -0.724. The van der Waals surface area contributed by atoms with Crippen LogP contribution in [0.4, 0.5) is 4.39 Å². The second kappa shape index (κ2) is 7.82. The Hall–Kier alpha value is -1.95. The predicted molar refractivity (Wildman–Crippen MR) is 103 cm³/mol. The molecule has 1 aromatic rings. The van der Waals surface area contributed by atoms with Crippen LogP contribution in [0.25, 0.3) is 0 Å². The monoisotopic (exact) mass is 388 g/mol. The van der Waals surface area contributed by atoms with Gasteiger partial charge in [-0.2, -0.15) is 0 Å².